The molecule has 0 saturated heterocycles. The number of hydrogen-bond donors (Lipinski definition) is 2. The number of nitrogens with zero attached hydrogens (tertiary/aromatic N) is 3. The molecule has 0 amide bonds. The Bertz CT molecular complexity index is 1010. The summed E-state index contributed by atoms with van der Waals surface area (Å²) in [6.07, 6.45) is 4.25. The van der Waals surface area contributed by atoms with Crippen molar-refractivity contribution in [3.05, 3.63) is 26.6 Å². The first-order valence-electron chi connectivity index (χ1n) is 9.33. The number of aromatic nitrogens is 4. The predicted molar refractivity (Wildman–Crippen MR) is 114 cm³/mol. The van der Waals surface area contributed by atoms with Gasteiger partial charge in [0.05, 0.1) is 10.6 Å². The number of H-pyrrole nitrogens is 1. The van der Waals surface area contributed by atoms with Crippen molar-refractivity contribution in [2.24, 2.45) is 5.92 Å². The molecule has 3 aromatic heterocycles. The molecule has 0 aromatic carbocycles. The van der Waals surface area contributed by atoms with Crippen molar-refractivity contribution in [1.29, 1.82) is 0 Å². The Labute approximate surface area is 170 Å². The van der Waals surface area contributed by atoms with Crippen LogP contribution in [0.15, 0.2) is 9.13 Å². The van der Waals surface area contributed by atoms with Gasteiger partial charge in [-0.05, 0) is 44.1 Å². The highest BCUT2D eigenvalue weighted by atomic mass is 32.2. The Hall–Kier alpha value is -1.45. The van der Waals surface area contributed by atoms with Crippen LogP contribution in [0, 0.1) is 5.92 Å². The minimum absolute atomic E-state index is 0.00271. The van der Waals surface area contributed by atoms with E-state index in [1.54, 1.807) is 23.1 Å². The number of rotatable bonds is 6. The number of aryl methyl sites for hydroxylation is 1. The topological polar surface area (TPSA) is 83.6 Å². The Balaban J connectivity index is 1.58. The standard InChI is InChI=1S/C18H23N5OS3/c1-4-7-19-17-22-23-18(27-17)25-10(3)14-20-15(24)13-11-6-5-9(2)8-12(11)26-16(13)21-14/h9-10H,4-8H2,1-3H3,(H,19,22)(H,20,21,24)/t9-,10-/m0/s1. The van der Waals surface area contributed by atoms with Crippen LogP contribution in [0.4, 0.5) is 5.13 Å². The molecule has 4 rings (SSSR count). The summed E-state index contributed by atoms with van der Waals surface area (Å²) in [7, 11) is 0. The van der Waals surface area contributed by atoms with Gasteiger partial charge >= 0.3 is 0 Å². The van der Waals surface area contributed by atoms with Crippen LogP contribution in [0.3, 0.4) is 0 Å². The fourth-order valence-electron chi connectivity index (χ4n) is 3.33. The molecular weight excluding hydrogens is 398 g/mol. The lowest BCUT2D eigenvalue weighted by atomic mass is 9.89. The summed E-state index contributed by atoms with van der Waals surface area (Å²) in [5.74, 6) is 1.40. The van der Waals surface area contributed by atoms with Crippen LogP contribution in [0.1, 0.15) is 55.1 Å². The lowest BCUT2D eigenvalue weighted by Crippen LogP contribution is -2.15. The van der Waals surface area contributed by atoms with E-state index in [1.807, 2.05) is 6.92 Å². The normalized spacial score (nSPS) is 17.8. The van der Waals surface area contributed by atoms with Gasteiger partial charge in [-0.2, -0.15) is 0 Å². The van der Waals surface area contributed by atoms with Gasteiger partial charge in [0.25, 0.3) is 5.56 Å². The number of thiophene rings is 1. The smallest absolute Gasteiger partial charge is 0.259 e. The van der Waals surface area contributed by atoms with Gasteiger partial charge < -0.3 is 10.3 Å². The van der Waals surface area contributed by atoms with Crippen LogP contribution in [-0.4, -0.2) is 26.7 Å². The summed E-state index contributed by atoms with van der Waals surface area (Å²) in [5, 5.41) is 13.3. The quantitative estimate of drug-likeness (QED) is 0.564. The molecule has 27 heavy (non-hydrogen) atoms. The number of fused-ring (bicyclic) bond motifs is 3. The molecule has 1 aliphatic carbocycles. The molecule has 0 bridgehead atoms. The van der Waals surface area contributed by atoms with Crippen LogP contribution in [0.2, 0.25) is 0 Å². The highest BCUT2D eigenvalue weighted by molar-refractivity contribution is 8.01. The fourth-order valence-corrected chi connectivity index (χ4v) is 6.70. The van der Waals surface area contributed by atoms with E-state index in [0.29, 0.717) is 11.7 Å². The van der Waals surface area contributed by atoms with Crippen molar-refractivity contribution < 1.29 is 0 Å². The first kappa shape index (κ1) is 18.9. The molecule has 0 radical (unpaired) electrons. The van der Waals surface area contributed by atoms with Crippen LogP contribution >= 0.6 is 34.4 Å². The third-order valence-corrected chi connectivity index (χ3v) is 8.00. The van der Waals surface area contributed by atoms with E-state index < -0.39 is 0 Å². The molecule has 0 spiro atoms. The molecule has 144 valence electrons. The summed E-state index contributed by atoms with van der Waals surface area (Å²) in [5.41, 5.74) is 1.22. The van der Waals surface area contributed by atoms with Crippen LogP contribution in [0.5, 0.6) is 0 Å². The highest BCUT2D eigenvalue weighted by Crippen LogP contribution is 2.38. The number of aromatic amines is 1. The number of thioether (sulfide) groups is 1. The van der Waals surface area contributed by atoms with Gasteiger partial charge in [0.15, 0.2) is 4.34 Å². The van der Waals surface area contributed by atoms with Crippen molar-refractivity contribution in [3.63, 3.8) is 0 Å². The number of hydrogen-bond acceptors (Lipinski definition) is 8. The van der Waals surface area contributed by atoms with Crippen molar-refractivity contribution in [2.45, 2.75) is 56.0 Å². The van der Waals surface area contributed by atoms with Crippen LogP contribution in [0.25, 0.3) is 10.2 Å². The zero-order valence-corrected chi connectivity index (χ0v) is 18.1. The third-order valence-electron chi connectivity index (χ3n) is 4.78. The summed E-state index contributed by atoms with van der Waals surface area (Å²) >= 11 is 4.81. The molecule has 3 aromatic rings. The summed E-state index contributed by atoms with van der Waals surface area (Å²) in [6, 6.07) is 0. The number of anilines is 1. The minimum Gasteiger partial charge on any atom is -0.360 e. The van der Waals surface area contributed by atoms with Crippen LogP contribution < -0.4 is 10.9 Å². The van der Waals surface area contributed by atoms with E-state index in [1.165, 1.54) is 21.8 Å². The molecule has 2 N–H and O–H groups in total. The first-order chi connectivity index (χ1) is 13.0. The Morgan fingerprint density at radius 1 is 1.37 bits per heavy atom. The van der Waals surface area contributed by atoms with Crippen molar-refractivity contribution >= 4 is 49.8 Å². The van der Waals surface area contributed by atoms with E-state index in [4.69, 9.17) is 4.98 Å². The van der Waals surface area contributed by atoms with E-state index in [0.717, 1.165) is 51.9 Å². The van der Waals surface area contributed by atoms with Crippen LogP contribution in [-0.2, 0) is 12.8 Å². The Kier molecular flexibility index (Phi) is 5.52. The lowest BCUT2D eigenvalue weighted by molar-refractivity contribution is 0.509. The Morgan fingerprint density at radius 2 is 2.22 bits per heavy atom. The second-order valence-corrected chi connectivity index (χ2v) is 10.7. The van der Waals surface area contributed by atoms with Gasteiger partial charge in [0, 0.05) is 11.4 Å². The van der Waals surface area contributed by atoms with Crippen molar-refractivity contribution in [2.75, 3.05) is 11.9 Å². The maximum atomic E-state index is 12.8. The maximum absolute atomic E-state index is 12.8. The van der Waals surface area contributed by atoms with E-state index in [-0.39, 0.29) is 10.8 Å². The van der Waals surface area contributed by atoms with E-state index in [2.05, 4.69) is 34.3 Å². The molecule has 0 saturated carbocycles. The molecule has 1 aliphatic rings. The minimum atomic E-state index is -0.00271. The molecule has 2 atom stereocenters. The van der Waals surface area contributed by atoms with Crippen molar-refractivity contribution in [3.8, 4) is 0 Å². The second-order valence-electron chi connectivity index (χ2n) is 7.04. The van der Waals surface area contributed by atoms with E-state index in [9.17, 15) is 4.79 Å². The highest BCUT2D eigenvalue weighted by Gasteiger charge is 2.24. The van der Waals surface area contributed by atoms with Gasteiger partial charge in [0.2, 0.25) is 5.13 Å². The Morgan fingerprint density at radius 3 is 3.04 bits per heavy atom. The predicted octanol–water partition coefficient (Wildman–Crippen LogP) is 4.64. The van der Waals surface area contributed by atoms with E-state index >= 15 is 0 Å². The average Bonchev–Trinajstić information content (AvgIpc) is 3.23. The van der Waals surface area contributed by atoms with Crippen molar-refractivity contribution in [1.82, 2.24) is 20.2 Å². The lowest BCUT2D eigenvalue weighted by Gasteiger charge is -2.17. The molecule has 0 aliphatic heterocycles. The van der Waals surface area contributed by atoms with Gasteiger partial charge in [0.1, 0.15) is 10.7 Å². The second kappa shape index (κ2) is 7.89. The van der Waals surface area contributed by atoms with Gasteiger partial charge in [-0.25, -0.2) is 4.98 Å². The number of nitrogens with one attached hydrogen (secondary N) is 2. The molecule has 0 fully saturated rings. The average molecular weight is 422 g/mol. The summed E-state index contributed by atoms with van der Waals surface area (Å²) < 4.78 is 0.878. The maximum Gasteiger partial charge on any atom is 0.259 e. The molecule has 3 heterocycles. The monoisotopic (exact) mass is 421 g/mol. The summed E-state index contributed by atoms with van der Waals surface area (Å²) in [4.78, 5) is 22.8. The van der Waals surface area contributed by atoms with Gasteiger partial charge in [-0.3, -0.25) is 4.79 Å². The molecular formula is C18H23N5OS3. The van der Waals surface area contributed by atoms with Gasteiger partial charge in [-0.1, -0.05) is 36.9 Å². The SMILES string of the molecule is CCCNc1nnc(S[C@@H](C)c2nc3sc4c(c3c(=O)[nH]2)CC[C@H](C)C4)s1. The zero-order valence-electron chi connectivity index (χ0n) is 15.7. The molecule has 9 heteroatoms. The first-order valence-corrected chi connectivity index (χ1v) is 11.8. The third kappa shape index (κ3) is 3.90. The molecule has 0 unspecified atom stereocenters. The fraction of sp³-hybridized carbons (Fsp3) is 0.556. The van der Waals surface area contributed by atoms with Gasteiger partial charge in [-0.15, -0.1) is 21.5 Å². The molecule has 6 nitrogen and oxygen atoms in total. The zero-order chi connectivity index (χ0) is 19.0. The largest absolute Gasteiger partial charge is 0.360 e. The summed E-state index contributed by atoms with van der Waals surface area (Å²) in [6.45, 7) is 7.33.